The molecule has 0 aliphatic carbocycles. The van der Waals surface area contributed by atoms with Crippen molar-refractivity contribution in [1.82, 2.24) is 14.9 Å². The van der Waals surface area contributed by atoms with Crippen molar-refractivity contribution in [3.8, 4) is 0 Å². The summed E-state index contributed by atoms with van der Waals surface area (Å²) < 4.78 is 0. The molecule has 2 unspecified atom stereocenters. The molecule has 2 atom stereocenters. The Morgan fingerprint density at radius 1 is 1.38 bits per heavy atom. The van der Waals surface area contributed by atoms with E-state index in [4.69, 9.17) is 16.6 Å². The Morgan fingerprint density at radius 2 is 2.10 bits per heavy atom. The number of β-amino-alcohol motifs (C(OH)–C–C–N with tert-alkyl or cyclic N) is 1. The standard InChI is InChI=1S/C15H25ClN4O/c1-5-6-13-17-14(16)10(2)15(18-13)20-9-12(21)7-11(20)8-19(3)4/h11-12,21H,5-9H2,1-4H3. The van der Waals surface area contributed by atoms with Gasteiger partial charge in [-0.1, -0.05) is 18.5 Å². The minimum atomic E-state index is -0.308. The predicted octanol–water partition coefficient (Wildman–Crippen LogP) is 1.89. The molecule has 1 aromatic rings. The van der Waals surface area contributed by atoms with Crippen molar-refractivity contribution in [2.24, 2.45) is 0 Å². The molecule has 0 spiro atoms. The van der Waals surface area contributed by atoms with Crippen molar-refractivity contribution >= 4 is 17.4 Å². The minimum Gasteiger partial charge on any atom is -0.391 e. The highest BCUT2D eigenvalue weighted by Gasteiger charge is 2.33. The van der Waals surface area contributed by atoms with Gasteiger partial charge >= 0.3 is 0 Å². The van der Waals surface area contributed by atoms with Gasteiger partial charge < -0.3 is 14.9 Å². The van der Waals surface area contributed by atoms with Gasteiger partial charge in [-0.3, -0.25) is 0 Å². The van der Waals surface area contributed by atoms with Crippen LogP contribution in [-0.2, 0) is 6.42 Å². The second-order valence-corrected chi connectivity index (χ2v) is 6.45. The van der Waals surface area contributed by atoms with Gasteiger partial charge in [-0.15, -0.1) is 0 Å². The number of hydrogen-bond acceptors (Lipinski definition) is 5. The Balaban J connectivity index is 2.34. The van der Waals surface area contributed by atoms with Crippen LogP contribution in [0.1, 0.15) is 31.2 Å². The predicted molar refractivity (Wildman–Crippen MR) is 86.1 cm³/mol. The average molecular weight is 313 g/mol. The largest absolute Gasteiger partial charge is 0.391 e. The van der Waals surface area contributed by atoms with Gasteiger partial charge in [0.25, 0.3) is 0 Å². The highest BCUT2D eigenvalue weighted by Crippen LogP contribution is 2.30. The third-order valence-corrected chi connectivity index (χ3v) is 4.19. The van der Waals surface area contributed by atoms with Gasteiger partial charge in [0.1, 0.15) is 16.8 Å². The average Bonchev–Trinajstić information content (AvgIpc) is 2.74. The van der Waals surface area contributed by atoms with Gasteiger partial charge in [0, 0.05) is 31.1 Å². The first-order valence-corrected chi connectivity index (χ1v) is 7.92. The summed E-state index contributed by atoms with van der Waals surface area (Å²) >= 11 is 6.27. The number of anilines is 1. The molecule has 0 saturated carbocycles. The lowest BCUT2D eigenvalue weighted by Crippen LogP contribution is -2.38. The molecule has 1 fully saturated rings. The molecule has 5 nitrogen and oxygen atoms in total. The number of aromatic nitrogens is 2. The van der Waals surface area contributed by atoms with E-state index < -0.39 is 0 Å². The Labute approximate surface area is 131 Å². The number of likely N-dealkylation sites (N-methyl/N-ethyl adjacent to an activating group) is 1. The number of halogens is 1. The zero-order valence-electron chi connectivity index (χ0n) is 13.3. The number of aryl methyl sites for hydroxylation is 1. The van der Waals surface area contributed by atoms with Crippen LogP contribution in [-0.4, -0.2) is 59.3 Å². The summed E-state index contributed by atoms with van der Waals surface area (Å²) in [4.78, 5) is 13.4. The SMILES string of the molecule is CCCc1nc(Cl)c(C)c(N2CC(O)CC2CN(C)C)n1. The highest BCUT2D eigenvalue weighted by molar-refractivity contribution is 6.30. The number of nitrogens with zero attached hydrogens (tertiary/aromatic N) is 4. The maximum absolute atomic E-state index is 10.0. The Kier molecular flexibility index (Phi) is 5.41. The Bertz CT molecular complexity index is 495. The molecule has 0 radical (unpaired) electrons. The van der Waals surface area contributed by atoms with Crippen LogP contribution in [0, 0.1) is 6.92 Å². The first kappa shape index (κ1) is 16.5. The van der Waals surface area contributed by atoms with E-state index in [0.29, 0.717) is 11.7 Å². The number of hydrogen-bond donors (Lipinski definition) is 1. The maximum Gasteiger partial charge on any atom is 0.137 e. The van der Waals surface area contributed by atoms with Crippen molar-refractivity contribution < 1.29 is 5.11 Å². The van der Waals surface area contributed by atoms with Crippen LogP contribution in [0.2, 0.25) is 5.15 Å². The fraction of sp³-hybridized carbons (Fsp3) is 0.733. The van der Waals surface area contributed by atoms with E-state index in [-0.39, 0.29) is 12.1 Å². The van der Waals surface area contributed by atoms with E-state index in [1.165, 1.54) is 0 Å². The van der Waals surface area contributed by atoms with Crippen LogP contribution in [0.3, 0.4) is 0 Å². The summed E-state index contributed by atoms with van der Waals surface area (Å²) in [6, 6.07) is 0.258. The van der Waals surface area contributed by atoms with Crippen molar-refractivity contribution in [3.63, 3.8) is 0 Å². The van der Waals surface area contributed by atoms with Crippen LogP contribution in [0.5, 0.6) is 0 Å². The first-order valence-electron chi connectivity index (χ1n) is 7.54. The lowest BCUT2D eigenvalue weighted by molar-refractivity contribution is 0.191. The molecule has 0 bridgehead atoms. The molecule has 1 aliphatic rings. The van der Waals surface area contributed by atoms with E-state index in [0.717, 1.165) is 43.0 Å². The molecule has 1 aliphatic heterocycles. The summed E-state index contributed by atoms with van der Waals surface area (Å²) in [6.45, 7) is 5.55. The zero-order chi connectivity index (χ0) is 15.6. The van der Waals surface area contributed by atoms with Gasteiger partial charge in [-0.25, -0.2) is 9.97 Å². The van der Waals surface area contributed by atoms with Crippen LogP contribution in [0.4, 0.5) is 5.82 Å². The minimum absolute atomic E-state index is 0.258. The lowest BCUT2D eigenvalue weighted by Gasteiger charge is -2.29. The summed E-state index contributed by atoms with van der Waals surface area (Å²) in [5, 5.41) is 10.6. The monoisotopic (exact) mass is 312 g/mol. The second kappa shape index (κ2) is 6.90. The van der Waals surface area contributed by atoms with Crippen molar-refractivity contribution in [1.29, 1.82) is 0 Å². The molecule has 2 rings (SSSR count). The Morgan fingerprint density at radius 3 is 2.71 bits per heavy atom. The van der Waals surface area contributed by atoms with Crippen LogP contribution in [0.15, 0.2) is 0 Å². The van der Waals surface area contributed by atoms with Crippen LogP contribution >= 0.6 is 11.6 Å². The molecule has 118 valence electrons. The summed E-state index contributed by atoms with van der Waals surface area (Å²) in [7, 11) is 4.09. The smallest absolute Gasteiger partial charge is 0.137 e. The van der Waals surface area contributed by atoms with Gasteiger partial charge in [-0.2, -0.15) is 0 Å². The third kappa shape index (κ3) is 3.84. The summed E-state index contributed by atoms with van der Waals surface area (Å²) in [5.41, 5.74) is 0.898. The molecule has 1 saturated heterocycles. The third-order valence-electron chi connectivity index (χ3n) is 3.82. The quantitative estimate of drug-likeness (QED) is 0.842. The second-order valence-electron chi connectivity index (χ2n) is 6.09. The molecule has 0 amide bonds. The maximum atomic E-state index is 10.0. The molecule has 6 heteroatoms. The number of aliphatic hydroxyl groups is 1. The Hall–Kier alpha value is -0.910. The zero-order valence-corrected chi connectivity index (χ0v) is 14.1. The van der Waals surface area contributed by atoms with E-state index in [1.807, 2.05) is 21.0 Å². The molecular weight excluding hydrogens is 288 g/mol. The van der Waals surface area contributed by atoms with Gasteiger partial charge in [0.15, 0.2) is 0 Å². The van der Waals surface area contributed by atoms with E-state index in [1.54, 1.807) is 0 Å². The fourth-order valence-corrected chi connectivity index (χ4v) is 3.06. The molecule has 21 heavy (non-hydrogen) atoms. The molecule has 1 N–H and O–H groups in total. The molecular formula is C15H25ClN4O. The summed E-state index contributed by atoms with van der Waals surface area (Å²) in [6.07, 6.45) is 2.27. The van der Waals surface area contributed by atoms with E-state index >= 15 is 0 Å². The number of rotatable bonds is 5. The first-order chi connectivity index (χ1) is 9.92. The topological polar surface area (TPSA) is 52.5 Å². The van der Waals surface area contributed by atoms with Gasteiger partial charge in [-0.05, 0) is 33.9 Å². The molecule has 2 heterocycles. The normalized spacial score (nSPS) is 22.3. The number of aliphatic hydroxyl groups excluding tert-OH is 1. The van der Waals surface area contributed by atoms with Crippen LogP contribution < -0.4 is 4.90 Å². The molecule has 1 aromatic heterocycles. The van der Waals surface area contributed by atoms with Crippen molar-refractivity contribution in [3.05, 3.63) is 16.5 Å². The van der Waals surface area contributed by atoms with Gasteiger partial charge in [0.2, 0.25) is 0 Å². The van der Waals surface area contributed by atoms with Gasteiger partial charge in [0.05, 0.1) is 6.10 Å². The fourth-order valence-electron chi connectivity index (χ4n) is 2.88. The van der Waals surface area contributed by atoms with E-state index in [9.17, 15) is 5.11 Å². The lowest BCUT2D eigenvalue weighted by atomic mass is 10.2. The summed E-state index contributed by atoms with van der Waals surface area (Å²) in [5.74, 6) is 1.66. The van der Waals surface area contributed by atoms with Crippen LogP contribution in [0.25, 0.3) is 0 Å². The highest BCUT2D eigenvalue weighted by atomic mass is 35.5. The van der Waals surface area contributed by atoms with Crippen molar-refractivity contribution in [2.75, 3.05) is 32.1 Å². The molecule has 0 aromatic carbocycles. The van der Waals surface area contributed by atoms with E-state index in [2.05, 4.69) is 21.7 Å². The van der Waals surface area contributed by atoms with Crippen molar-refractivity contribution in [2.45, 2.75) is 45.3 Å².